The highest BCUT2D eigenvalue weighted by molar-refractivity contribution is 7.54. The molecule has 0 bridgehead atoms. The molecular weight excluding hydrogens is 703 g/mol. The molecule has 6 rings (SSSR count). The molecule has 53 heavy (non-hydrogen) atoms. The van der Waals surface area contributed by atoms with Crippen LogP contribution in [-0.2, 0) is 39.1 Å². The fourth-order valence-electron chi connectivity index (χ4n) is 7.39. The lowest BCUT2D eigenvalue weighted by atomic mass is 9.93. The molecule has 2 aliphatic rings. The third-order valence-electron chi connectivity index (χ3n) is 9.79. The molecule has 0 unspecified atom stereocenters. The SMILES string of the molecule is COC(=O)[C@H](Cc1c[nH]c2ccccc12)NC(=O)[C@@H]1C[C@@H](CCN2C(=O)c3cccc4cccc(c34)C2=O)[C@@H](P(=O)(OC)OC)N1C(=O)OC(C)(C)C. The summed E-state index contributed by atoms with van der Waals surface area (Å²) in [6, 6.07) is 15.5. The molecule has 1 saturated heterocycles. The van der Waals surface area contributed by atoms with Crippen molar-refractivity contribution in [2.75, 3.05) is 27.9 Å². The maximum atomic E-state index is 14.3. The van der Waals surface area contributed by atoms with Crippen LogP contribution in [0.2, 0.25) is 0 Å². The largest absolute Gasteiger partial charge is 0.467 e. The Hall–Kier alpha value is -5.04. The van der Waals surface area contributed by atoms with Crippen LogP contribution >= 0.6 is 7.60 Å². The molecule has 280 valence electrons. The average molecular weight is 747 g/mol. The van der Waals surface area contributed by atoms with E-state index in [1.165, 1.54) is 21.3 Å². The Morgan fingerprint density at radius 2 is 1.58 bits per heavy atom. The minimum absolute atomic E-state index is 0.0237. The van der Waals surface area contributed by atoms with Crippen LogP contribution < -0.4 is 5.32 Å². The second-order valence-corrected chi connectivity index (χ2v) is 16.5. The van der Waals surface area contributed by atoms with Crippen molar-refractivity contribution >= 4 is 59.1 Å². The zero-order chi connectivity index (χ0) is 38.2. The lowest BCUT2D eigenvalue weighted by Crippen LogP contribution is -2.54. The van der Waals surface area contributed by atoms with Gasteiger partial charge in [0.2, 0.25) is 5.91 Å². The van der Waals surface area contributed by atoms with Crippen LogP contribution in [0.5, 0.6) is 0 Å². The Balaban J connectivity index is 1.33. The van der Waals surface area contributed by atoms with E-state index >= 15 is 0 Å². The quantitative estimate of drug-likeness (QED) is 0.111. The molecule has 2 N–H and O–H groups in total. The molecule has 2 aliphatic heterocycles. The number of aromatic amines is 1. The van der Waals surface area contributed by atoms with Crippen molar-refractivity contribution in [3.8, 4) is 0 Å². The van der Waals surface area contributed by atoms with Crippen LogP contribution in [0.25, 0.3) is 21.7 Å². The van der Waals surface area contributed by atoms with Gasteiger partial charge in [0, 0.05) is 60.8 Å². The third-order valence-corrected chi connectivity index (χ3v) is 12.1. The minimum atomic E-state index is -4.20. The van der Waals surface area contributed by atoms with Gasteiger partial charge in [-0.3, -0.25) is 28.7 Å². The number of ether oxygens (including phenoxy) is 2. The topological polar surface area (TPSA) is 174 Å². The van der Waals surface area contributed by atoms with Crippen LogP contribution in [0.4, 0.5) is 4.79 Å². The molecule has 3 aromatic carbocycles. The number of aromatic nitrogens is 1. The summed E-state index contributed by atoms with van der Waals surface area (Å²) >= 11 is 0. The van der Waals surface area contributed by atoms with Crippen molar-refractivity contribution in [3.63, 3.8) is 0 Å². The van der Waals surface area contributed by atoms with Gasteiger partial charge in [0.25, 0.3) is 11.8 Å². The molecule has 1 fully saturated rings. The molecule has 4 atom stereocenters. The number of esters is 1. The number of imide groups is 1. The van der Waals surface area contributed by atoms with Crippen molar-refractivity contribution in [3.05, 3.63) is 83.6 Å². The normalized spacial score (nSPS) is 19.5. The van der Waals surface area contributed by atoms with E-state index < -0.39 is 66.8 Å². The minimum Gasteiger partial charge on any atom is -0.467 e. The number of H-pyrrole nitrogens is 1. The van der Waals surface area contributed by atoms with Gasteiger partial charge in [-0.25, -0.2) is 9.59 Å². The Bertz CT molecular complexity index is 2080. The Kier molecular flexibility index (Phi) is 10.5. The molecule has 0 spiro atoms. The van der Waals surface area contributed by atoms with Gasteiger partial charge in [-0.15, -0.1) is 0 Å². The van der Waals surface area contributed by atoms with Gasteiger partial charge in [0.05, 0.1) is 7.11 Å². The number of likely N-dealkylation sites (tertiary alicyclic amines) is 1. The number of nitrogens with one attached hydrogen (secondary N) is 2. The lowest BCUT2D eigenvalue weighted by Gasteiger charge is -2.36. The van der Waals surface area contributed by atoms with E-state index in [1.807, 2.05) is 36.4 Å². The van der Waals surface area contributed by atoms with Crippen LogP contribution in [0.1, 0.15) is 59.9 Å². The number of carbonyl (C=O) groups excluding carboxylic acids is 5. The van der Waals surface area contributed by atoms with Crippen molar-refractivity contribution in [2.45, 2.75) is 63.5 Å². The number of methoxy groups -OCH3 is 1. The second-order valence-electron chi connectivity index (χ2n) is 14.1. The van der Waals surface area contributed by atoms with E-state index in [1.54, 1.807) is 51.2 Å². The van der Waals surface area contributed by atoms with E-state index in [4.69, 9.17) is 18.5 Å². The highest BCUT2D eigenvalue weighted by Crippen LogP contribution is 2.60. The molecule has 3 heterocycles. The van der Waals surface area contributed by atoms with E-state index in [0.717, 1.165) is 31.7 Å². The Labute approximate surface area is 306 Å². The number of para-hydroxylation sites is 1. The van der Waals surface area contributed by atoms with Gasteiger partial charge in [0.1, 0.15) is 23.5 Å². The smallest absolute Gasteiger partial charge is 0.411 e. The standard InChI is InChI=1S/C38H43N4O10P/c1-38(2,3)52-37(47)42-30(32(43)40-29(36(46)49-4)19-24-21-39-28-16-8-7-13-25(24)28)20-23(35(42)53(48,50-5)51-6)17-18-41-33(44)26-14-9-11-22-12-10-15-27(31(22)26)34(41)45/h7-16,21,23,29-30,35,39H,17-20H2,1-6H3,(H,40,43)/t23-,29+,30+,35-/m1/s1. The third kappa shape index (κ3) is 7.18. The van der Waals surface area contributed by atoms with Crippen molar-refractivity contribution in [1.29, 1.82) is 0 Å². The Morgan fingerprint density at radius 1 is 0.943 bits per heavy atom. The number of nitrogens with zero attached hydrogens (tertiary/aromatic N) is 2. The summed E-state index contributed by atoms with van der Waals surface area (Å²) in [5.41, 5.74) is 1.32. The fraction of sp³-hybridized carbons (Fsp3) is 0.395. The van der Waals surface area contributed by atoms with Crippen LogP contribution in [0, 0.1) is 5.92 Å². The number of hydrogen-bond acceptors (Lipinski definition) is 10. The number of rotatable bonds is 11. The van der Waals surface area contributed by atoms with E-state index in [-0.39, 0.29) is 25.8 Å². The number of hydrogen-bond donors (Lipinski definition) is 2. The van der Waals surface area contributed by atoms with Crippen molar-refractivity contribution in [2.24, 2.45) is 5.92 Å². The lowest BCUT2D eigenvalue weighted by molar-refractivity contribution is -0.145. The molecule has 0 aliphatic carbocycles. The molecule has 0 saturated carbocycles. The van der Waals surface area contributed by atoms with Gasteiger partial charge in [-0.2, -0.15) is 0 Å². The zero-order valence-electron chi connectivity index (χ0n) is 30.4. The van der Waals surface area contributed by atoms with Gasteiger partial charge >= 0.3 is 19.7 Å². The van der Waals surface area contributed by atoms with Crippen LogP contribution in [0.15, 0.2) is 66.9 Å². The molecule has 15 heteroatoms. The number of benzene rings is 3. The summed E-state index contributed by atoms with van der Waals surface area (Å²) in [5.74, 6) is -4.60. The van der Waals surface area contributed by atoms with E-state index in [9.17, 15) is 28.5 Å². The summed E-state index contributed by atoms with van der Waals surface area (Å²) in [7, 11) is -0.645. The summed E-state index contributed by atoms with van der Waals surface area (Å²) in [6.45, 7) is 4.82. The monoisotopic (exact) mass is 746 g/mol. The molecular formula is C38H43N4O10P. The summed E-state index contributed by atoms with van der Waals surface area (Å²) in [5, 5.41) is 4.95. The highest BCUT2D eigenvalue weighted by Gasteiger charge is 2.57. The van der Waals surface area contributed by atoms with E-state index in [0.29, 0.717) is 16.5 Å². The first-order valence-electron chi connectivity index (χ1n) is 17.2. The maximum absolute atomic E-state index is 14.3. The predicted octanol–water partition coefficient (Wildman–Crippen LogP) is 5.65. The van der Waals surface area contributed by atoms with Gasteiger partial charge in [-0.05, 0) is 68.7 Å². The Morgan fingerprint density at radius 3 is 2.19 bits per heavy atom. The zero-order valence-corrected chi connectivity index (χ0v) is 31.3. The fourth-order valence-corrected chi connectivity index (χ4v) is 9.32. The molecule has 0 radical (unpaired) electrons. The summed E-state index contributed by atoms with van der Waals surface area (Å²) in [4.78, 5) is 74.3. The number of fused-ring (bicyclic) bond motifs is 1. The second kappa shape index (κ2) is 14.8. The van der Waals surface area contributed by atoms with E-state index in [2.05, 4.69) is 10.3 Å². The first kappa shape index (κ1) is 37.7. The first-order valence-corrected chi connectivity index (χ1v) is 18.9. The maximum Gasteiger partial charge on any atom is 0.411 e. The van der Waals surface area contributed by atoms with Gasteiger partial charge < -0.3 is 28.8 Å². The first-order chi connectivity index (χ1) is 25.2. The summed E-state index contributed by atoms with van der Waals surface area (Å²) < 4.78 is 36.0. The summed E-state index contributed by atoms with van der Waals surface area (Å²) in [6.07, 6.45) is 0.787. The van der Waals surface area contributed by atoms with Crippen LogP contribution in [-0.4, -0.2) is 95.9 Å². The predicted molar refractivity (Wildman–Crippen MR) is 195 cm³/mol. The van der Waals surface area contributed by atoms with Gasteiger partial charge in [0.15, 0.2) is 0 Å². The highest BCUT2D eigenvalue weighted by atomic mass is 31.2. The molecule has 4 aromatic rings. The van der Waals surface area contributed by atoms with Crippen LogP contribution in [0.3, 0.4) is 0 Å². The number of amides is 4. The van der Waals surface area contributed by atoms with Crippen molar-refractivity contribution in [1.82, 2.24) is 20.1 Å². The number of carbonyl (C=O) groups is 5. The van der Waals surface area contributed by atoms with Gasteiger partial charge in [-0.1, -0.05) is 42.5 Å². The molecule has 1 aromatic heterocycles. The molecule has 14 nitrogen and oxygen atoms in total. The average Bonchev–Trinajstić information content (AvgIpc) is 3.74. The van der Waals surface area contributed by atoms with Crippen molar-refractivity contribution < 1.29 is 47.1 Å². The molecule has 4 amide bonds.